The number of carbonyl (C=O) groups is 6. The van der Waals surface area contributed by atoms with Crippen LogP contribution in [0.4, 0.5) is 37.0 Å². The highest BCUT2D eigenvalue weighted by Gasteiger charge is 2.29. The van der Waals surface area contributed by atoms with E-state index in [2.05, 4.69) is 39.9 Å². The van der Waals surface area contributed by atoms with Crippen LogP contribution < -0.4 is 101 Å². The quantitative estimate of drug-likeness (QED) is 0.0141. The van der Waals surface area contributed by atoms with Crippen molar-refractivity contribution in [2.45, 2.75) is 232 Å². The fourth-order valence-corrected chi connectivity index (χ4v) is 15.6. The van der Waals surface area contributed by atoms with Crippen LogP contribution in [-0.2, 0) is 28.5 Å². The Labute approximate surface area is 774 Å². The summed E-state index contributed by atoms with van der Waals surface area (Å²) in [5, 5.41) is 0. The van der Waals surface area contributed by atoms with E-state index in [1.54, 1.807) is 64.8 Å². The molecule has 44 nitrogen and oxygen atoms in total. The maximum absolute atomic E-state index is 14.6. The van der Waals surface area contributed by atoms with Crippen molar-refractivity contribution in [2.24, 2.45) is 126 Å². The minimum Gasteiger partial charge on any atom is -0.448 e. The highest BCUT2D eigenvalue weighted by atomic mass is 33.1. The predicted molar refractivity (Wildman–Crippen MR) is 524 cm³/mol. The first-order valence-corrected chi connectivity index (χ1v) is 49.0. The fourth-order valence-electron chi connectivity index (χ4n) is 13.5. The minimum absolute atomic E-state index is 0.0113. The number of amides is 5. The average molecular weight is 1860 g/mol. The molecule has 0 unspecified atom stereocenters. The summed E-state index contributed by atoms with van der Waals surface area (Å²) in [6, 6.07) is 0. The molecule has 0 atom stereocenters. The molecule has 5 amide bonds. The number of hydrogen-bond donors (Lipinski definition) is 15. The van der Waals surface area contributed by atoms with E-state index in [4.69, 9.17) is 120 Å². The van der Waals surface area contributed by atoms with E-state index in [0.29, 0.717) is 212 Å². The van der Waals surface area contributed by atoms with Gasteiger partial charge in [-0.2, -0.15) is 15.0 Å². The van der Waals surface area contributed by atoms with Crippen LogP contribution in [0.5, 0.6) is 0 Å². The van der Waals surface area contributed by atoms with Gasteiger partial charge in [0.05, 0.1) is 32.0 Å². The summed E-state index contributed by atoms with van der Waals surface area (Å²) < 4.78 is 25.1. The summed E-state index contributed by atoms with van der Waals surface area (Å²) in [6.07, 6.45) is 23.5. The molecule has 0 aromatic carbocycles. The summed E-state index contributed by atoms with van der Waals surface area (Å²) in [5.74, 6) is 2.47. The second-order valence-corrected chi connectivity index (χ2v) is 34.5. The van der Waals surface area contributed by atoms with E-state index in [0.717, 1.165) is 154 Å². The lowest BCUT2D eigenvalue weighted by atomic mass is 10.1. The monoisotopic (exact) mass is 1860 g/mol. The molecule has 1 aromatic heterocycles. The lowest BCUT2D eigenvalue weighted by Crippen LogP contribution is -2.49. The number of amidine groups is 1. The largest absolute Gasteiger partial charge is 0.448 e. The average Bonchev–Trinajstić information content (AvgIpc) is 0.804. The van der Waals surface area contributed by atoms with Gasteiger partial charge in [0.1, 0.15) is 32.2 Å². The molecule has 1 aliphatic rings. The van der Waals surface area contributed by atoms with Gasteiger partial charge in [0.15, 0.2) is 41.7 Å². The Morgan fingerprint density at radius 2 is 0.519 bits per heavy atom. The molecule has 0 radical (unpaired) electrons. The number of guanidine groups is 7. The van der Waals surface area contributed by atoms with Gasteiger partial charge in [-0.3, -0.25) is 49.5 Å². The topological polar surface area (TPSA) is 693 Å². The zero-order valence-corrected chi connectivity index (χ0v) is 79.4. The van der Waals surface area contributed by atoms with Crippen molar-refractivity contribution < 1.29 is 47.7 Å². The first-order valence-electron chi connectivity index (χ1n) is 46.5. The minimum atomic E-state index is -0.533. The van der Waals surface area contributed by atoms with E-state index < -0.39 is 24.4 Å². The van der Waals surface area contributed by atoms with Crippen molar-refractivity contribution in [1.82, 2.24) is 39.5 Å². The number of carbonyl (C=O) groups excluding carboxylic acids is 6. The van der Waals surface area contributed by atoms with Crippen molar-refractivity contribution in [2.75, 3.05) is 210 Å². The van der Waals surface area contributed by atoms with Crippen LogP contribution in [0.2, 0.25) is 0 Å². The molecule has 738 valence electrons. The number of aliphatic imine (C=N–C) groups is 8. The van der Waals surface area contributed by atoms with Gasteiger partial charge in [-0.25, -0.2) is 19.2 Å². The molecule has 30 N–H and O–H groups in total. The molecule has 0 bridgehead atoms. The Morgan fingerprint density at radius 3 is 0.744 bits per heavy atom. The van der Waals surface area contributed by atoms with E-state index in [1.807, 2.05) is 9.80 Å². The first-order chi connectivity index (χ1) is 62.1. The van der Waals surface area contributed by atoms with Crippen LogP contribution in [0, 0.1) is 0 Å². The third-order valence-electron chi connectivity index (χ3n) is 20.6. The molecule has 129 heavy (non-hydrogen) atoms. The zero-order valence-electron chi connectivity index (χ0n) is 77.8. The van der Waals surface area contributed by atoms with Crippen molar-refractivity contribution in [3.05, 3.63) is 0 Å². The lowest BCUT2D eigenvalue weighted by molar-refractivity contribution is -0.131. The Balaban J connectivity index is 3.04. The number of anilines is 3. The number of ketones is 1. The Kier molecular flexibility index (Phi) is 67.2. The zero-order chi connectivity index (χ0) is 94.7. The van der Waals surface area contributed by atoms with Crippen LogP contribution in [0.1, 0.15) is 232 Å². The van der Waals surface area contributed by atoms with Crippen LogP contribution in [0.15, 0.2) is 39.9 Å². The number of nitrogens with two attached hydrogens (primary N) is 15. The number of Topliss-reactive ketones (excluding diaryl/α,β-unsaturated/α-hetero) is 1. The Bertz CT molecular complexity index is 2970. The van der Waals surface area contributed by atoms with Gasteiger partial charge in [0.25, 0.3) is 0 Å². The molecule has 2 heterocycles. The summed E-state index contributed by atoms with van der Waals surface area (Å²) >= 11 is 0. The van der Waals surface area contributed by atoms with Crippen molar-refractivity contribution in [3.8, 4) is 0 Å². The maximum Gasteiger partial charge on any atom is 0.409 e. The smallest absolute Gasteiger partial charge is 0.409 e. The molecular weight excluding hydrogens is 1700 g/mol. The summed E-state index contributed by atoms with van der Waals surface area (Å²) in [6.45, 7) is 11.2. The Hall–Kier alpha value is -10.3. The molecule has 1 fully saturated rings. The molecule has 0 aliphatic carbocycles. The number of hydrogen-bond acceptors (Lipinski definition) is 26. The normalized spacial score (nSPS) is 11.8. The van der Waals surface area contributed by atoms with Gasteiger partial charge < -0.3 is 144 Å². The first kappa shape index (κ1) is 115. The van der Waals surface area contributed by atoms with E-state index in [9.17, 15) is 28.8 Å². The molecule has 1 aliphatic heterocycles. The second kappa shape index (κ2) is 75.5. The highest BCUT2D eigenvalue weighted by Crippen LogP contribution is 2.26. The van der Waals surface area contributed by atoms with Crippen LogP contribution >= 0.6 is 21.6 Å². The van der Waals surface area contributed by atoms with Crippen molar-refractivity contribution in [3.63, 3.8) is 0 Å². The third kappa shape index (κ3) is 64.2. The second-order valence-electron chi connectivity index (χ2n) is 31.8. The third-order valence-corrected chi connectivity index (χ3v) is 23.0. The van der Waals surface area contributed by atoms with E-state index >= 15 is 0 Å². The summed E-state index contributed by atoms with van der Waals surface area (Å²) in [5.41, 5.74) is 84.3. The molecule has 1 aromatic rings. The van der Waals surface area contributed by atoms with Crippen LogP contribution in [0.3, 0.4) is 0 Å². The van der Waals surface area contributed by atoms with Gasteiger partial charge in [0.2, 0.25) is 23.8 Å². The summed E-state index contributed by atoms with van der Waals surface area (Å²) in [7, 11) is 3.12. The molecule has 1 saturated heterocycles. The van der Waals surface area contributed by atoms with Crippen LogP contribution in [-0.4, -0.2) is 318 Å². The molecule has 46 heteroatoms. The SMILES string of the molecule is CC(=O)CCSSCCC(=O)N1CCN(c2nc(N(CCOC(=O)N(CCCCCCN=C(C)N)CCCCCCN=C(N)N)CCOC(=O)N(CCCCCCN=C(N)N)CCCCCCN=C(N)N)nc(N(CCOC(=O)N(CCCCCCN=C(N)N)CCCCCCN=C(N)N)CCOC(=O)N(CCCCCCN=C(N)N)CCCCCCN=C(N)N)n2)CC1. The molecule has 0 saturated carbocycles. The van der Waals surface area contributed by atoms with Gasteiger partial charge in [-0.15, -0.1) is 0 Å². The number of ether oxygens (including phenoxy) is 4. The van der Waals surface area contributed by atoms with Gasteiger partial charge in [0, 0.05) is 155 Å². The van der Waals surface area contributed by atoms with Gasteiger partial charge in [-0.1, -0.05) is 124 Å². The number of nitrogens with zero attached hydrogens (tertiary/aromatic N) is 19. The number of unbranched alkanes of at least 4 members (excludes halogenated alkanes) is 24. The maximum atomic E-state index is 14.6. The van der Waals surface area contributed by atoms with E-state index in [-0.39, 0.29) is 124 Å². The summed E-state index contributed by atoms with van der Waals surface area (Å²) in [4.78, 5) is 147. The van der Waals surface area contributed by atoms with Crippen molar-refractivity contribution in [1.29, 1.82) is 0 Å². The highest BCUT2D eigenvalue weighted by molar-refractivity contribution is 8.76. The van der Waals surface area contributed by atoms with E-state index in [1.165, 1.54) is 0 Å². The van der Waals surface area contributed by atoms with Gasteiger partial charge in [-0.05, 0) is 117 Å². The predicted octanol–water partition coefficient (Wildman–Crippen LogP) is 4.41. The van der Waals surface area contributed by atoms with Crippen molar-refractivity contribution >= 4 is 123 Å². The van der Waals surface area contributed by atoms with Crippen LogP contribution in [0.25, 0.3) is 0 Å². The van der Waals surface area contributed by atoms with Gasteiger partial charge >= 0.3 is 24.4 Å². The standard InChI is InChI=1S/C83H164N34O10S2/c1-67(118)35-65-128-129-66-36-69(119)110-53-55-111(56-54-110)77-107-78(112(57-61-124-80(120)114(45-27-11-3-19-37-99-68(2)84)46-28-12-4-20-38-100-70(85)86)58-62-125-81(121)115(47-29-13-5-21-39-101-71(87)88)48-30-14-6-22-40-102-72(89)90)109-79(108-77)113(59-63-126-82(122)116(49-31-15-7-23-41-103-73(91)92)50-32-16-8-24-42-104-74(93)94)60-64-127-83(123)117(51-33-17-9-25-43-105-75(95)96)52-34-18-10-26-44-106-76(97)98/h3-66H2,1-2H3,(H2,84,99)(H4,85,86,100)(H4,87,88,101)(H4,89,90,102)(H4,91,92,103)(H4,93,94,104)(H4,95,96,105)(H4,97,98,106). The number of rotatable bonds is 78. The lowest BCUT2D eigenvalue weighted by Gasteiger charge is -2.35. The molecule has 0 spiro atoms. The molecule has 2 rings (SSSR count). The molecular formula is C83H164N34O10S2. The Morgan fingerprint density at radius 1 is 0.295 bits per heavy atom. The fraction of sp³-hybridized carbons (Fsp3) is 0.795. The number of piperazine rings is 1. The number of aromatic nitrogens is 3.